The minimum Gasteiger partial charge on any atom is -0.493 e. The summed E-state index contributed by atoms with van der Waals surface area (Å²) in [6.45, 7) is 10.1. The average Bonchev–Trinajstić information content (AvgIpc) is 2.38. The van der Waals surface area contributed by atoms with Gasteiger partial charge < -0.3 is 5.11 Å². The molecule has 1 N–H and O–H groups in total. The highest BCUT2D eigenvalue weighted by molar-refractivity contribution is 7.99. The monoisotopic (exact) mass is 284 g/mol. The highest BCUT2D eigenvalue weighted by atomic mass is 32.2. The molecular formula is C14H24N2O2S. The normalized spacial score (nSPS) is 14.4. The zero-order chi connectivity index (χ0) is 14.6. The van der Waals surface area contributed by atoms with Crippen molar-refractivity contribution in [2.45, 2.75) is 70.3 Å². The Labute approximate surface area is 119 Å². The smallest absolute Gasteiger partial charge is 0.261 e. The van der Waals surface area contributed by atoms with Crippen LogP contribution in [0.4, 0.5) is 0 Å². The molecule has 1 aromatic rings. The fourth-order valence-electron chi connectivity index (χ4n) is 1.77. The van der Waals surface area contributed by atoms with E-state index in [4.69, 9.17) is 0 Å². The van der Waals surface area contributed by atoms with E-state index in [2.05, 4.69) is 18.8 Å². The molecule has 0 radical (unpaired) electrons. The van der Waals surface area contributed by atoms with Crippen molar-refractivity contribution in [2.75, 3.05) is 0 Å². The minimum absolute atomic E-state index is 0.0949. The first-order chi connectivity index (χ1) is 8.96. The van der Waals surface area contributed by atoms with E-state index >= 15 is 0 Å². The Bertz CT molecular complexity index is 485. The summed E-state index contributed by atoms with van der Waals surface area (Å²) in [4.78, 5) is 16.7. The summed E-state index contributed by atoms with van der Waals surface area (Å²) in [5.74, 6) is -0.113. The molecule has 0 aliphatic carbocycles. The van der Waals surface area contributed by atoms with E-state index in [9.17, 15) is 9.90 Å². The van der Waals surface area contributed by atoms with Crippen LogP contribution in [0.3, 0.4) is 0 Å². The molecule has 1 aromatic heterocycles. The molecule has 0 aliphatic rings. The van der Waals surface area contributed by atoms with Crippen molar-refractivity contribution in [2.24, 2.45) is 0 Å². The first kappa shape index (κ1) is 16.1. The van der Waals surface area contributed by atoms with Crippen LogP contribution in [0, 0.1) is 0 Å². The number of rotatable bonds is 6. The second-order valence-corrected chi connectivity index (χ2v) is 6.22. The fourth-order valence-corrected chi connectivity index (χ4v) is 2.81. The van der Waals surface area contributed by atoms with Crippen molar-refractivity contribution in [3.63, 3.8) is 0 Å². The molecule has 0 spiro atoms. The summed E-state index contributed by atoms with van der Waals surface area (Å²) in [6, 6.07) is 0.0949. The van der Waals surface area contributed by atoms with Gasteiger partial charge in [0.15, 0.2) is 5.16 Å². The van der Waals surface area contributed by atoms with Crippen molar-refractivity contribution >= 4 is 11.8 Å². The Balaban J connectivity index is 3.40. The summed E-state index contributed by atoms with van der Waals surface area (Å²) in [7, 11) is 0. The second kappa shape index (κ2) is 6.98. The maximum absolute atomic E-state index is 12.5. The van der Waals surface area contributed by atoms with Gasteiger partial charge in [-0.25, -0.2) is 0 Å². The zero-order valence-electron chi connectivity index (χ0n) is 12.4. The molecule has 0 bridgehead atoms. The van der Waals surface area contributed by atoms with Crippen LogP contribution in [-0.4, -0.2) is 19.9 Å². The molecule has 0 aliphatic heterocycles. The quantitative estimate of drug-likeness (QED) is 0.643. The van der Waals surface area contributed by atoms with Gasteiger partial charge in [-0.1, -0.05) is 39.5 Å². The first-order valence-corrected chi connectivity index (χ1v) is 7.85. The predicted molar refractivity (Wildman–Crippen MR) is 80.2 cm³/mol. The number of hydrogen-bond acceptors (Lipinski definition) is 4. The van der Waals surface area contributed by atoms with Crippen molar-refractivity contribution in [1.29, 1.82) is 0 Å². The number of nitrogens with zero attached hydrogens (tertiary/aromatic N) is 2. The molecule has 0 fully saturated rings. The fraction of sp³-hybridized carbons (Fsp3) is 0.714. The van der Waals surface area contributed by atoms with Crippen LogP contribution in [0.1, 0.15) is 59.1 Å². The van der Waals surface area contributed by atoms with Crippen molar-refractivity contribution in [1.82, 2.24) is 9.55 Å². The maximum atomic E-state index is 12.5. The van der Waals surface area contributed by atoms with E-state index in [1.165, 1.54) is 0 Å². The van der Waals surface area contributed by atoms with Crippen molar-refractivity contribution < 1.29 is 5.11 Å². The predicted octanol–water partition coefficient (Wildman–Crippen LogP) is 3.37. The van der Waals surface area contributed by atoms with Gasteiger partial charge in [0.05, 0.1) is 5.56 Å². The average molecular weight is 284 g/mol. The van der Waals surface area contributed by atoms with E-state index in [1.807, 2.05) is 20.8 Å². The molecule has 1 rings (SSSR count). The van der Waals surface area contributed by atoms with E-state index in [-0.39, 0.29) is 17.5 Å². The van der Waals surface area contributed by atoms with Gasteiger partial charge in [0.1, 0.15) is 0 Å². The van der Waals surface area contributed by atoms with E-state index in [1.54, 1.807) is 16.3 Å². The summed E-state index contributed by atoms with van der Waals surface area (Å²) in [5.41, 5.74) is 0.309. The lowest BCUT2D eigenvalue weighted by molar-refractivity contribution is 0.402. The lowest BCUT2D eigenvalue weighted by Crippen LogP contribution is -2.29. The summed E-state index contributed by atoms with van der Waals surface area (Å²) < 4.78 is 1.73. The van der Waals surface area contributed by atoms with E-state index in [0.717, 1.165) is 12.8 Å². The van der Waals surface area contributed by atoms with E-state index < -0.39 is 0 Å². The summed E-state index contributed by atoms with van der Waals surface area (Å²) in [5, 5.41) is 10.9. The largest absolute Gasteiger partial charge is 0.493 e. The Morgan fingerprint density at radius 2 is 1.89 bits per heavy atom. The zero-order valence-corrected chi connectivity index (χ0v) is 13.3. The molecular weight excluding hydrogens is 260 g/mol. The third-order valence-electron chi connectivity index (χ3n) is 3.42. The molecule has 5 heteroatoms. The van der Waals surface area contributed by atoms with Gasteiger partial charge in [-0.05, 0) is 26.2 Å². The van der Waals surface area contributed by atoms with Crippen LogP contribution in [0.5, 0.6) is 5.88 Å². The highest BCUT2D eigenvalue weighted by Crippen LogP contribution is 2.27. The van der Waals surface area contributed by atoms with Gasteiger partial charge in [0, 0.05) is 11.3 Å². The Morgan fingerprint density at radius 1 is 1.26 bits per heavy atom. The summed E-state index contributed by atoms with van der Waals surface area (Å²) in [6.07, 6.45) is 2.36. The number of thioether (sulfide) groups is 1. The van der Waals surface area contributed by atoms with Crippen molar-refractivity contribution in [3.05, 3.63) is 15.9 Å². The Morgan fingerprint density at radius 3 is 2.37 bits per heavy atom. The third-order valence-corrected chi connectivity index (χ3v) is 4.66. The van der Waals surface area contributed by atoms with Gasteiger partial charge in [-0.2, -0.15) is 4.98 Å². The molecule has 1 heterocycles. The number of hydrogen-bond donors (Lipinski definition) is 1. The molecule has 0 amide bonds. The number of aromatic nitrogens is 2. The molecule has 108 valence electrons. The minimum atomic E-state index is -0.113. The molecule has 19 heavy (non-hydrogen) atoms. The maximum Gasteiger partial charge on any atom is 0.261 e. The lowest BCUT2D eigenvalue weighted by atomic mass is 10.2. The Kier molecular flexibility index (Phi) is 5.91. The molecule has 0 aromatic carbocycles. The van der Waals surface area contributed by atoms with Gasteiger partial charge in [0.2, 0.25) is 5.88 Å². The highest BCUT2D eigenvalue weighted by Gasteiger charge is 2.19. The molecule has 0 saturated heterocycles. The third kappa shape index (κ3) is 3.53. The molecule has 0 saturated carbocycles. The van der Waals surface area contributed by atoms with E-state index in [0.29, 0.717) is 22.4 Å². The Hall–Kier alpha value is -0.970. The standard InChI is InChI=1S/C14H24N2O2S/c1-6-9(4)16-13(18)11(8-3)12(17)15-14(16)19-10(5)7-2/h9-10,17H,6-8H2,1-5H3/t9-,10-/m1/s1. The van der Waals surface area contributed by atoms with Crippen molar-refractivity contribution in [3.8, 4) is 5.88 Å². The van der Waals surface area contributed by atoms with Gasteiger partial charge in [-0.15, -0.1) is 0 Å². The van der Waals surface area contributed by atoms with Crippen LogP contribution in [-0.2, 0) is 6.42 Å². The van der Waals surface area contributed by atoms with Crippen LogP contribution < -0.4 is 5.56 Å². The second-order valence-electron chi connectivity index (χ2n) is 4.82. The molecule has 2 atom stereocenters. The molecule has 0 unspecified atom stereocenters. The van der Waals surface area contributed by atoms with Crippen LogP contribution >= 0.6 is 11.8 Å². The lowest BCUT2D eigenvalue weighted by Gasteiger charge is -2.20. The van der Waals surface area contributed by atoms with Crippen LogP contribution in [0.15, 0.2) is 9.95 Å². The molecule has 4 nitrogen and oxygen atoms in total. The topological polar surface area (TPSA) is 55.1 Å². The van der Waals surface area contributed by atoms with Gasteiger partial charge >= 0.3 is 0 Å². The van der Waals surface area contributed by atoms with Crippen LogP contribution in [0.2, 0.25) is 0 Å². The summed E-state index contributed by atoms with van der Waals surface area (Å²) >= 11 is 1.55. The number of aromatic hydroxyl groups is 1. The van der Waals surface area contributed by atoms with Gasteiger partial charge in [0.25, 0.3) is 5.56 Å². The van der Waals surface area contributed by atoms with Crippen LogP contribution in [0.25, 0.3) is 0 Å². The first-order valence-electron chi connectivity index (χ1n) is 6.97. The SMILES string of the molecule is CCc1c(O)nc(S[C@H](C)CC)n([C@H](C)CC)c1=O. The van der Waals surface area contributed by atoms with Gasteiger partial charge in [-0.3, -0.25) is 9.36 Å².